The van der Waals surface area contributed by atoms with E-state index in [9.17, 15) is 0 Å². The highest BCUT2D eigenvalue weighted by molar-refractivity contribution is 7.99. The monoisotopic (exact) mass is 388 g/mol. The summed E-state index contributed by atoms with van der Waals surface area (Å²) >= 11 is 3.84. The van der Waals surface area contributed by atoms with E-state index in [-0.39, 0.29) is 11.9 Å². The van der Waals surface area contributed by atoms with Crippen LogP contribution in [-0.4, -0.2) is 88.4 Å². The summed E-state index contributed by atoms with van der Waals surface area (Å²) in [6.07, 6.45) is 0. The van der Waals surface area contributed by atoms with Crippen LogP contribution in [0.3, 0.4) is 0 Å². The molecule has 2 heterocycles. The van der Waals surface area contributed by atoms with Gasteiger partial charge in [-0.05, 0) is 0 Å². The van der Waals surface area contributed by atoms with Crippen molar-refractivity contribution in [3.05, 3.63) is 0 Å². The smallest absolute Gasteiger partial charge is 0.370 e. The van der Waals surface area contributed by atoms with Crippen molar-refractivity contribution in [2.75, 3.05) is 49.2 Å². The molecule has 2 saturated heterocycles. The number of hydrogen-bond acceptors (Lipinski definition) is 6. The number of nitrogens with zero attached hydrogens (tertiary/aromatic N) is 2. The molecule has 2 aliphatic heterocycles. The zero-order valence-electron chi connectivity index (χ0n) is 12.6. The molecule has 0 unspecified atom stereocenters. The van der Waals surface area contributed by atoms with Gasteiger partial charge in [0, 0.05) is 49.2 Å². The van der Waals surface area contributed by atoms with Crippen LogP contribution in [0.2, 0.25) is 0 Å². The Hall–Kier alpha value is -0.890. The second-order valence-corrected chi connectivity index (χ2v) is 7.76. The Balaban J connectivity index is 0.000000332. The first-order valence-electron chi connectivity index (χ1n) is 6.64. The van der Waals surface area contributed by atoms with Crippen LogP contribution in [0.15, 0.2) is 0 Å². The highest BCUT2D eigenvalue weighted by Crippen LogP contribution is 2.08. The molecule has 0 aromatic heterocycles. The summed E-state index contributed by atoms with van der Waals surface area (Å²) in [6, 6.07) is 0. The summed E-state index contributed by atoms with van der Waals surface area (Å²) in [5.41, 5.74) is 10.5. The van der Waals surface area contributed by atoms with Crippen LogP contribution < -0.4 is 11.5 Å². The molecular weight excluding hydrogens is 364 g/mol. The van der Waals surface area contributed by atoms with E-state index in [1.165, 1.54) is 0 Å². The topological polar surface area (TPSA) is 181 Å². The summed E-state index contributed by atoms with van der Waals surface area (Å²) in [5.74, 6) is 4.88. The third-order valence-corrected chi connectivity index (χ3v) is 4.59. The van der Waals surface area contributed by atoms with Gasteiger partial charge in [-0.25, -0.2) is 0 Å². The lowest BCUT2D eigenvalue weighted by atomic mass is 10.5. The Morgan fingerprint density at radius 3 is 1.17 bits per heavy atom. The van der Waals surface area contributed by atoms with Crippen molar-refractivity contribution in [3.8, 4) is 0 Å². The normalized spacial score (nSPS) is 18.0. The van der Waals surface area contributed by atoms with Crippen LogP contribution in [0.4, 0.5) is 0 Å². The molecule has 0 aromatic carbocycles. The van der Waals surface area contributed by atoms with Gasteiger partial charge in [0.2, 0.25) is 0 Å². The molecule has 0 atom stereocenters. The predicted octanol–water partition coefficient (Wildman–Crippen LogP) is -0.795. The lowest BCUT2D eigenvalue weighted by molar-refractivity contribution is 0.381. The maximum Gasteiger partial charge on any atom is 0.394 e. The minimum Gasteiger partial charge on any atom is -0.370 e. The van der Waals surface area contributed by atoms with Gasteiger partial charge in [-0.15, -0.1) is 0 Å². The first kappa shape index (κ1) is 22.1. The molecule has 0 aromatic rings. The summed E-state index contributed by atoms with van der Waals surface area (Å²) in [4.78, 5) is 3.80. The quantitative estimate of drug-likeness (QED) is 0.175. The van der Waals surface area contributed by atoms with Crippen molar-refractivity contribution in [3.63, 3.8) is 0 Å². The zero-order valence-corrected chi connectivity index (χ0v) is 15.1. The van der Waals surface area contributed by atoms with Crippen molar-refractivity contribution >= 4 is 45.8 Å². The second kappa shape index (κ2) is 11.6. The Kier molecular flexibility index (Phi) is 11.2. The van der Waals surface area contributed by atoms with E-state index in [0.29, 0.717) is 0 Å². The van der Waals surface area contributed by atoms with Gasteiger partial charge < -0.3 is 21.3 Å². The second-order valence-electron chi connectivity index (χ2n) is 4.42. The summed E-state index contributed by atoms with van der Waals surface area (Å²) in [6.45, 7) is 3.78. The standard InChI is InChI=1S/2C5H11N3S.H2O4S/c2*6-5(7)8-1-3-9-4-2-8;1-5(2,3)4/h2*1-4H2,(H3,6,7);(H2,1,2,3,4). The van der Waals surface area contributed by atoms with Gasteiger partial charge >= 0.3 is 10.4 Å². The van der Waals surface area contributed by atoms with Crippen molar-refractivity contribution in [1.29, 1.82) is 10.8 Å². The molecule has 2 rings (SSSR count). The minimum atomic E-state index is -4.67. The average Bonchev–Trinajstić information content (AvgIpc) is 2.48. The van der Waals surface area contributed by atoms with Crippen LogP contribution in [0.1, 0.15) is 0 Å². The van der Waals surface area contributed by atoms with Gasteiger partial charge in [0.15, 0.2) is 11.9 Å². The molecule has 136 valence electrons. The Morgan fingerprint density at radius 1 is 0.826 bits per heavy atom. The summed E-state index contributed by atoms with van der Waals surface area (Å²) in [7, 11) is -4.67. The van der Waals surface area contributed by atoms with Gasteiger partial charge in [-0.3, -0.25) is 19.9 Å². The number of nitrogens with two attached hydrogens (primary N) is 2. The molecule has 10 nitrogen and oxygen atoms in total. The predicted molar refractivity (Wildman–Crippen MR) is 95.8 cm³/mol. The highest BCUT2D eigenvalue weighted by atomic mass is 32.3. The lowest BCUT2D eigenvalue weighted by Crippen LogP contribution is -2.41. The van der Waals surface area contributed by atoms with E-state index in [2.05, 4.69) is 0 Å². The molecule has 0 radical (unpaired) electrons. The molecule has 0 aliphatic carbocycles. The van der Waals surface area contributed by atoms with Gasteiger partial charge in [-0.2, -0.15) is 31.9 Å². The third-order valence-electron chi connectivity index (χ3n) is 2.70. The van der Waals surface area contributed by atoms with Crippen LogP contribution in [-0.2, 0) is 10.4 Å². The van der Waals surface area contributed by atoms with E-state index in [4.69, 9.17) is 39.8 Å². The van der Waals surface area contributed by atoms with Crippen molar-refractivity contribution in [1.82, 2.24) is 9.80 Å². The molecule has 0 saturated carbocycles. The molecule has 8 N–H and O–H groups in total. The first-order chi connectivity index (χ1) is 10.6. The Bertz CT molecular complexity index is 427. The van der Waals surface area contributed by atoms with E-state index in [1.807, 2.05) is 33.3 Å². The van der Waals surface area contributed by atoms with E-state index in [0.717, 1.165) is 49.2 Å². The number of thioether (sulfide) groups is 2. The van der Waals surface area contributed by atoms with E-state index in [1.54, 1.807) is 0 Å². The number of hydrogen-bond donors (Lipinski definition) is 6. The Morgan fingerprint density at radius 2 is 1.04 bits per heavy atom. The van der Waals surface area contributed by atoms with Gasteiger partial charge in [0.25, 0.3) is 0 Å². The minimum absolute atomic E-state index is 0.218. The summed E-state index contributed by atoms with van der Waals surface area (Å²) in [5, 5.41) is 14.2. The summed E-state index contributed by atoms with van der Waals surface area (Å²) < 4.78 is 31.6. The fourth-order valence-corrected chi connectivity index (χ4v) is 3.41. The largest absolute Gasteiger partial charge is 0.394 e. The highest BCUT2D eigenvalue weighted by Gasteiger charge is 2.10. The average molecular weight is 389 g/mol. The fourth-order valence-electron chi connectivity index (χ4n) is 1.61. The molecule has 0 amide bonds. The molecule has 2 aliphatic rings. The SMILES string of the molecule is N=C(N)N1CCSCC1.N=C(N)N1CCSCC1.O=S(=O)(O)O. The Labute approximate surface area is 144 Å². The van der Waals surface area contributed by atoms with Crippen LogP contribution in [0.5, 0.6) is 0 Å². The molecule has 13 heteroatoms. The van der Waals surface area contributed by atoms with Crippen molar-refractivity contribution in [2.45, 2.75) is 0 Å². The maximum atomic E-state index is 8.74. The van der Waals surface area contributed by atoms with E-state index < -0.39 is 10.4 Å². The lowest BCUT2D eigenvalue weighted by Gasteiger charge is -2.25. The first-order valence-corrected chi connectivity index (χ1v) is 10.3. The zero-order chi connectivity index (χ0) is 17.9. The van der Waals surface area contributed by atoms with Crippen LogP contribution in [0.25, 0.3) is 0 Å². The molecule has 0 spiro atoms. The van der Waals surface area contributed by atoms with Crippen LogP contribution in [0, 0.1) is 10.8 Å². The maximum absolute atomic E-state index is 8.74. The van der Waals surface area contributed by atoms with Crippen molar-refractivity contribution in [2.24, 2.45) is 11.5 Å². The van der Waals surface area contributed by atoms with Crippen LogP contribution >= 0.6 is 23.5 Å². The van der Waals surface area contributed by atoms with E-state index >= 15 is 0 Å². The number of rotatable bonds is 0. The number of guanidine groups is 2. The molecule has 23 heavy (non-hydrogen) atoms. The number of nitrogens with one attached hydrogen (secondary N) is 2. The van der Waals surface area contributed by atoms with Gasteiger partial charge in [0.1, 0.15) is 0 Å². The molecule has 2 fully saturated rings. The molecule has 0 bridgehead atoms. The van der Waals surface area contributed by atoms with Gasteiger partial charge in [-0.1, -0.05) is 0 Å². The fraction of sp³-hybridized carbons (Fsp3) is 0.800. The van der Waals surface area contributed by atoms with Gasteiger partial charge in [0.05, 0.1) is 0 Å². The third kappa shape index (κ3) is 14.4. The van der Waals surface area contributed by atoms with Crippen molar-refractivity contribution < 1.29 is 17.5 Å². The molecular formula is C10H24N6O4S3.